The summed E-state index contributed by atoms with van der Waals surface area (Å²) in [6, 6.07) is 0. The first kappa shape index (κ1) is 9.26. The van der Waals surface area contributed by atoms with E-state index in [0.717, 1.165) is 11.8 Å². The number of allylic oxidation sites excluding steroid dienone is 1. The van der Waals surface area contributed by atoms with Gasteiger partial charge in [-0.05, 0) is 51.9 Å². The molecule has 0 aromatic rings. The van der Waals surface area contributed by atoms with Gasteiger partial charge in [-0.15, -0.1) is 0 Å². The van der Waals surface area contributed by atoms with Gasteiger partial charge in [0.2, 0.25) is 0 Å². The average molecular weight is 180 g/mol. The van der Waals surface area contributed by atoms with Crippen LogP contribution in [-0.2, 0) is 4.74 Å². The van der Waals surface area contributed by atoms with E-state index < -0.39 is 0 Å². The van der Waals surface area contributed by atoms with Crippen molar-refractivity contribution in [3.05, 3.63) is 12.2 Å². The van der Waals surface area contributed by atoms with Gasteiger partial charge in [-0.1, -0.05) is 12.2 Å². The fourth-order valence-corrected chi connectivity index (χ4v) is 2.49. The number of hydrogen-bond donors (Lipinski definition) is 0. The highest BCUT2D eigenvalue weighted by molar-refractivity contribution is 5.07. The molecule has 0 aliphatic heterocycles. The van der Waals surface area contributed by atoms with Gasteiger partial charge < -0.3 is 4.74 Å². The average Bonchev–Trinajstić information content (AvgIpc) is 2.37. The molecule has 13 heavy (non-hydrogen) atoms. The Balaban J connectivity index is 2.00. The molecule has 0 aromatic carbocycles. The minimum atomic E-state index is 0.00440. The standard InChI is InChI=1S/C12H20O/c1-12(2,3)13-11-7-5-9-4-6-10(11)8-9/h5,7,9-11H,4,6,8H2,1-3H3. The van der Waals surface area contributed by atoms with Crippen LogP contribution >= 0.6 is 0 Å². The molecule has 1 fully saturated rings. The third-order valence-corrected chi connectivity index (χ3v) is 3.04. The zero-order chi connectivity index (χ0) is 9.47. The predicted molar refractivity (Wildman–Crippen MR) is 54.6 cm³/mol. The van der Waals surface area contributed by atoms with Gasteiger partial charge >= 0.3 is 0 Å². The molecule has 74 valence electrons. The molecule has 0 saturated heterocycles. The van der Waals surface area contributed by atoms with Crippen molar-refractivity contribution in [1.29, 1.82) is 0 Å². The lowest BCUT2D eigenvalue weighted by atomic mass is 9.92. The lowest BCUT2D eigenvalue weighted by Crippen LogP contribution is -2.31. The van der Waals surface area contributed by atoms with Crippen molar-refractivity contribution in [2.75, 3.05) is 0 Å². The van der Waals surface area contributed by atoms with E-state index in [1.54, 1.807) is 0 Å². The predicted octanol–water partition coefficient (Wildman–Crippen LogP) is 3.16. The zero-order valence-corrected chi connectivity index (χ0v) is 8.92. The van der Waals surface area contributed by atoms with Crippen LogP contribution in [0.2, 0.25) is 0 Å². The van der Waals surface area contributed by atoms with Crippen molar-refractivity contribution in [1.82, 2.24) is 0 Å². The van der Waals surface area contributed by atoms with E-state index in [0.29, 0.717) is 6.10 Å². The number of ether oxygens (including phenoxy) is 1. The molecule has 1 heteroatoms. The Hall–Kier alpha value is -0.300. The van der Waals surface area contributed by atoms with Crippen LogP contribution in [0.15, 0.2) is 12.2 Å². The number of hydrogen-bond acceptors (Lipinski definition) is 1. The van der Waals surface area contributed by atoms with Crippen LogP contribution in [0.5, 0.6) is 0 Å². The summed E-state index contributed by atoms with van der Waals surface area (Å²) in [7, 11) is 0. The van der Waals surface area contributed by atoms with Crippen molar-refractivity contribution < 1.29 is 4.74 Å². The Kier molecular flexibility index (Phi) is 2.23. The molecule has 0 radical (unpaired) electrons. The van der Waals surface area contributed by atoms with E-state index in [9.17, 15) is 0 Å². The van der Waals surface area contributed by atoms with Gasteiger partial charge in [0.15, 0.2) is 0 Å². The van der Waals surface area contributed by atoms with Crippen LogP contribution in [0, 0.1) is 11.8 Å². The fourth-order valence-electron chi connectivity index (χ4n) is 2.49. The monoisotopic (exact) mass is 180 g/mol. The van der Waals surface area contributed by atoms with Crippen molar-refractivity contribution in [2.45, 2.75) is 51.7 Å². The highest BCUT2D eigenvalue weighted by Gasteiger charge is 2.34. The van der Waals surface area contributed by atoms with Gasteiger partial charge in [-0.3, -0.25) is 0 Å². The lowest BCUT2D eigenvalue weighted by Gasteiger charge is -2.31. The van der Waals surface area contributed by atoms with Crippen LogP contribution in [0.25, 0.3) is 0 Å². The zero-order valence-electron chi connectivity index (χ0n) is 8.92. The van der Waals surface area contributed by atoms with Crippen LogP contribution in [0.4, 0.5) is 0 Å². The quantitative estimate of drug-likeness (QED) is 0.563. The van der Waals surface area contributed by atoms with E-state index in [-0.39, 0.29) is 5.60 Å². The summed E-state index contributed by atoms with van der Waals surface area (Å²) < 4.78 is 6.02. The lowest BCUT2D eigenvalue weighted by molar-refractivity contribution is -0.0628. The summed E-state index contributed by atoms with van der Waals surface area (Å²) >= 11 is 0. The Labute approximate surface area is 81.2 Å². The second kappa shape index (κ2) is 3.13. The highest BCUT2D eigenvalue weighted by Crippen LogP contribution is 2.40. The topological polar surface area (TPSA) is 9.23 Å². The van der Waals surface area contributed by atoms with E-state index in [2.05, 4.69) is 32.9 Å². The number of fused-ring (bicyclic) bond motifs is 2. The molecule has 1 nitrogen and oxygen atoms in total. The Bertz CT molecular complexity index is 212. The SMILES string of the molecule is CC(C)(C)OC1C=CC2CCC1C2. The van der Waals surface area contributed by atoms with Crippen LogP contribution in [-0.4, -0.2) is 11.7 Å². The Morgan fingerprint density at radius 2 is 1.92 bits per heavy atom. The smallest absolute Gasteiger partial charge is 0.0791 e. The van der Waals surface area contributed by atoms with Gasteiger partial charge in [-0.25, -0.2) is 0 Å². The van der Waals surface area contributed by atoms with Crippen LogP contribution in [0.1, 0.15) is 40.0 Å². The second-order valence-electron chi connectivity index (χ2n) is 5.41. The largest absolute Gasteiger partial charge is 0.368 e. The normalized spacial score (nSPS) is 38.2. The fraction of sp³-hybridized carbons (Fsp3) is 0.833. The molecule has 1 saturated carbocycles. The molecule has 3 atom stereocenters. The maximum atomic E-state index is 6.02. The molecule has 0 N–H and O–H groups in total. The van der Waals surface area contributed by atoms with Crippen molar-refractivity contribution in [3.8, 4) is 0 Å². The molecular formula is C12H20O. The minimum absolute atomic E-state index is 0.00440. The molecule has 0 aromatic heterocycles. The summed E-state index contributed by atoms with van der Waals surface area (Å²) in [4.78, 5) is 0. The van der Waals surface area contributed by atoms with E-state index in [4.69, 9.17) is 4.74 Å². The first-order chi connectivity index (χ1) is 6.04. The molecule has 3 unspecified atom stereocenters. The second-order valence-corrected chi connectivity index (χ2v) is 5.41. The summed E-state index contributed by atoms with van der Waals surface area (Å²) in [6.45, 7) is 6.42. The van der Waals surface area contributed by atoms with Gasteiger partial charge in [0.05, 0.1) is 11.7 Å². The molecule has 2 rings (SSSR count). The van der Waals surface area contributed by atoms with Crippen molar-refractivity contribution in [3.63, 3.8) is 0 Å². The molecule has 0 heterocycles. The van der Waals surface area contributed by atoms with E-state index >= 15 is 0 Å². The minimum Gasteiger partial charge on any atom is -0.368 e. The van der Waals surface area contributed by atoms with Gasteiger partial charge in [-0.2, -0.15) is 0 Å². The van der Waals surface area contributed by atoms with E-state index in [1.807, 2.05) is 0 Å². The van der Waals surface area contributed by atoms with Crippen LogP contribution < -0.4 is 0 Å². The van der Waals surface area contributed by atoms with Crippen molar-refractivity contribution in [2.24, 2.45) is 11.8 Å². The van der Waals surface area contributed by atoms with E-state index in [1.165, 1.54) is 19.3 Å². The maximum Gasteiger partial charge on any atom is 0.0791 e. The molecule has 0 spiro atoms. The molecule has 2 aliphatic rings. The first-order valence-electron chi connectivity index (χ1n) is 5.41. The molecule has 2 bridgehead atoms. The molecule has 0 amide bonds. The molecular weight excluding hydrogens is 160 g/mol. The van der Waals surface area contributed by atoms with Gasteiger partial charge in [0, 0.05) is 0 Å². The summed E-state index contributed by atoms with van der Waals surface area (Å²) in [6.07, 6.45) is 9.14. The van der Waals surface area contributed by atoms with Gasteiger partial charge in [0.1, 0.15) is 0 Å². The summed E-state index contributed by atoms with van der Waals surface area (Å²) in [5.74, 6) is 1.67. The third kappa shape index (κ3) is 2.14. The Morgan fingerprint density at radius 1 is 1.15 bits per heavy atom. The highest BCUT2D eigenvalue weighted by atomic mass is 16.5. The first-order valence-corrected chi connectivity index (χ1v) is 5.41. The molecule has 2 aliphatic carbocycles. The summed E-state index contributed by atoms with van der Waals surface area (Å²) in [5, 5.41) is 0. The maximum absolute atomic E-state index is 6.02. The summed E-state index contributed by atoms with van der Waals surface area (Å²) in [5.41, 5.74) is 0.00440. The Morgan fingerprint density at radius 3 is 2.62 bits per heavy atom. The van der Waals surface area contributed by atoms with Crippen LogP contribution in [0.3, 0.4) is 0 Å². The number of rotatable bonds is 1. The van der Waals surface area contributed by atoms with Gasteiger partial charge in [0.25, 0.3) is 0 Å². The van der Waals surface area contributed by atoms with Crippen molar-refractivity contribution >= 4 is 0 Å². The third-order valence-electron chi connectivity index (χ3n) is 3.04.